The van der Waals surface area contributed by atoms with E-state index in [4.69, 9.17) is 0 Å². The minimum Gasteiger partial charge on any atom is -0.356 e. The summed E-state index contributed by atoms with van der Waals surface area (Å²) in [6.45, 7) is 4.29. The maximum atomic E-state index is 4.59. The Morgan fingerprint density at radius 3 is 3.06 bits per heavy atom. The second-order valence-corrected chi connectivity index (χ2v) is 5.81. The van der Waals surface area contributed by atoms with E-state index in [2.05, 4.69) is 37.7 Å². The third-order valence-corrected chi connectivity index (χ3v) is 4.04. The number of aromatic nitrogens is 2. The first-order valence-electron chi connectivity index (χ1n) is 5.65. The normalized spacial score (nSPS) is 17.2. The lowest BCUT2D eigenvalue weighted by molar-refractivity contribution is 0.785. The van der Waals surface area contributed by atoms with Crippen molar-refractivity contribution in [1.82, 2.24) is 9.97 Å². The van der Waals surface area contributed by atoms with Crippen LogP contribution in [-0.2, 0) is 6.42 Å². The highest BCUT2D eigenvalue weighted by atomic mass is 79.9. The first-order chi connectivity index (χ1) is 7.79. The van der Waals surface area contributed by atoms with Gasteiger partial charge in [-0.3, -0.25) is 0 Å². The Morgan fingerprint density at radius 2 is 2.25 bits per heavy atom. The van der Waals surface area contributed by atoms with E-state index in [1.165, 1.54) is 17.9 Å². The van der Waals surface area contributed by atoms with Crippen LogP contribution in [0.3, 0.4) is 0 Å². The van der Waals surface area contributed by atoms with E-state index in [0.29, 0.717) is 0 Å². The van der Waals surface area contributed by atoms with Gasteiger partial charge in [0.1, 0.15) is 16.2 Å². The van der Waals surface area contributed by atoms with Gasteiger partial charge in [-0.1, -0.05) is 6.92 Å². The highest BCUT2D eigenvalue weighted by molar-refractivity contribution is 9.10. The topological polar surface area (TPSA) is 29.0 Å². The van der Waals surface area contributed by atoms with E-state index in [1.807, 2.05) is 17.8 Å². The average molecular weight is 302 g/mol. The zero-order valence-corrected chi connectivity index (χ0v) is 11.9. The summed E-state index contributed by atoms with van der Waals surface area (Å²) in [4.78, 5) is 11.3. The Hall–Kier alpha value is -0.290. The maximum absolute atomic E-state index is 4.59. The zero-order valence-electron chi connectivity index (χ0n) is 9.45. The van der Waals surface area contributed by atoms with E-state index in [1.54, 1.807) is 0 Å². The van der Waals surface area contributed by atoms with Gasteiger partial charge in [0.15, 0.2) is 0 Å². The summed E-state index contributed by atoms with van der Waals surface area (Å²) < 4.78 is 0.895. The van der Waals surface area contributed by atoms with E-state index >= 15 is 0 Å². The van der Waals surface area contributed by atoms with Crippen molar-refractivity contribution in [2.24, 2.45) is 0 Å². The molecule has 1 saturated heterocycles. The van der Waals surface area contributed by atoms with Crippen molar-refractivity contribution in [2.45, 2.75) is 19.8 Å². The van der Waals surface area contributed by atoms with Crippen molar-refractivity contribution in [1.29, 1.82) is 0 Å². The van der Waals surface area contributed by atoms with Crippen LogP contribution in [0.4, 0.5) is 5.82 Å². The molecule has 0 amide bonds. The smallest absolute Gasteiger partial charge is 0.133 e. The van der Waals surface area contributed by atoms with E-state index in [9.17, 15) is 0 Å². The molecule has 2 heterocycles. The lowest BCUT2D eigenvalue weighted by Gasteiger charge is -2.21. The molecule has 2 rings (SSSR count). The van der Waals surface area contributed by atoms with E-state index in [-0.39, 0.29) is 0 Å². The van der Waals surface area contributed by atoms with Gasteiger partial charge < -0.3 is 4.90 Å². The molecule has 1 fully saturated rings. The van der Waals surface area contributed by atoms with Crippen molar-refractivity contribution < 1.29 is 0 Å². The molecule has 0 aromatic carbocycles. The third-order valence-electron chi connectivity index (χ3n) is 2.59. The van der Waals surface area contributed by atoms with Gasteiger partial charge in [0.25, 0.3) is 0 Å². The molecule has 0 saturated carbocycles. The highest BCUT2D eigenvalue weighted by Gasteiger charge is 2.12. The quantitative estimate of drug-likeness (QED) is 0.786. The van der Waals surface area contributed by atoms with Crippen molar-refractivity contribution in [3.8, 4) is 0 Å². The number of hydrogen-bond donors (Lipinski definition) is 0. The van der Waals surface area contributed by atoms with E-state index in [0.717, 1.165) is 35.8 Å². The summed E-state index contributed by atoms with van der Waals surface area (Å²) in [6, 6.07) is 2.02. The molecule has 1 aromatic rings. The molecule has 0 radical (unpaired) electrons. The minimum absolute atomic E-state index is 0.884. The fourth-order valence-corrected chi connectivity index (χ4v) is 3.04. The van der Waals surface area contributed by atoms with Gasteiger partial charge in [-0.15, -0.1) is 0 Å². The van der Waals surface area contributed by atoms with Crippen LogP contribution in [0.1, 0.15) is 19.2 Å². The van der Waals surface area contributed by atoms with Gasteiger partial charge in [0.05, 0.1) is 0 Å². The molecule has 1 aromatic heterocycles. The number of halogens is 1. The largest absolute Gasteiger partial charge is 0.356 e. The second-order valence-electron chi connectivity index (χ2n) is 3.77. The SMILES string of the molecule is CCc1nc(Br)cc(N2CCCSCC2)n1. The number of nitrogens with zero attached hydrogens (tertiary/aromatic N) is 3. The summed E-state index contributed by atoms with van der Waals surface area (Å²) >= 11 is 5.49. The fourth-order valence-electron chi connectivity index (χ4n) is 1.75. The zero-order chi connectivity index (χ0) is 11.4. The molecule has 1 aliphatic heterocycles. The van der Waals surface area contributed by atoms with Crippen LogP contribution in [0, 0.1) is 0 Å². The number of hydrogen-bond acceptors (Lipinski definition) is 4. The van der Waals surface area contributed by atoms with Gasteiger partial charge in [-0.05, 0) is 28.1 Å². The predicted molar refractivity (Wildman–Crippen MR) is 73.3 cm³/mol. The summed E-state index contributed by atoms with van der Waals surface area (Å²) in [5.74, 6) is 4.45. The van der Waals surface area contributed by atoms with Crippen molar-refractivity contribution in [3.05, 3.63) is 16.5 Å². The van der Waals surface area contributed by atoms with Crippen LogP contribution in [0.15, 0.2) is 10.7 Å². The molecule has 16 heavy (non-hydrogen) atoms. The molecular formula is C11H16BrN3S. The van der Waals surface area contributed by atoms with Crippen LogP contribution in [0.5, 0.6) is 0 Å². The Kier molecular flexibility index (Phi) is 4.46. The van der Waals surface area contributed by atoms with Gasteiger partial charge in [0, 0.05) is 31.3 Å². The van der Waals surface area contributed by atoms with Crippen LogP contribution >= 0.6 is 27.7 Å². The number of rotatable bonds is 2. The Labute approximate surface area is 109 Å². The summed E-state index contributed by atoms with van der Waals surface area (Å²) in [7, 11) is 0. The molecule has 5 heteroatoms. The van der Waals surface area contributed by atoms with Crippen molar-refractivity contribution in [3.63, 3.8) is 0 Å². The molecule has 0 unspecified atom stereocenters. The molecule has 1 aliphatic rings. The molecule has 0 aliphatic carbocycles. The lowest BCUT2D eigenvalue weighted by atomic mass is 10.3. The van der Waals surface area contributed by atoms with Crippen LogP contribution in [0.2, 0.25) is 0 Å². The van der Waals surface area contributed by atoms with Gasteiger partial charge >= 0.3 is 0 Å². The standard InChI is InChI=1S/C11H16BrN3S/c1-2-10-13-9(12)8-11(14-10)15-4-3-6-16-7-5-15/h8H,2-7H2,1H3. The number of aryl methyl sites for hydroxylation is 1. The summed E-state index contributed by atoms with van der Waals surface area (Å²) in [5, 5.41) is 0. The summed E-state index contributed by atoms with van der Waals surface area (Å²) in [6.07, 6.45) is 2.13. The van der Waals surface area contributed by atoms with Crippen molar-refractivity contribution >= 4 is 33.5 Å². The Bertz CT molecular complexity index is 351. The first-order valence-corrected chi connectivity index (χ1v) is 7.60. The second kappa shape index (κ2) is 5.87. The van der Waals surface area contributed by atoms with Crippen LogP contribution < -0.4 is 4.90 Å². The maximum Gasteiger partial charge on any atom is 0.133 e. The van der Waals surface area contributed by atoms with Crippen LogP contribution in [0.25, 0.3) is 0 Å². The van der Waals surface area contributed by atoms with Gasteiger partial charge in [0.2, 0.25) is 0 Å². The molecule has 0 bridgehead atoms. The van der Waals surface area contributed by atoms with Gasteiger partial charge in [-0.2, -0.15) is 11.8 Å². The van der Waals surface area contributed by atoms with Crippen LogP contribution in [-0.4, -0.2) is 34.6 Å². The minimum atomic E-state index is 0.884. The monoisotopic (exact) mass is 301 g/mol. The Morgan fingerprint density at radius 1 is 1.38 bits per heavy atom. The Balaban J connectivity index is 2.20. The fraction of sp³-hybridized carbons (Fsp3) is 0.636. The average Bonchev–Trinajstić information content (AvgIpc) is 2.56. The van der Waals surface area contributed by atoms with Crippen molar-refractivity contribution in [2.75, 3.05) is 29.5 Å². The van der Waals surface area contributed by atoms with Gasteiger partial charge in [-0.25, -0.2) is 9.97 Å². The lowest BCUT2D eigenvalue weighted by Crippen LogP contribution is -2.26. The number of anilines is 1. The molecule has 0 spiro atoms. The first kappa shape index (κ1) is 12.2. The summed E-state index contributed by atoms with van der Waals surface area (Å²) in [5.41, 5.74) is 0. The van der Waals surface area contributed by atoms with E-state index < -0.39 is 0 Å². The highest BCUT2D eigenvalue weighted by Crippen LogP contribution is 2.20. The number of thioether (sulfide) groups is 1. The molecule has 0 N–H and O–H groups in total. The molecule has 3 nitrogen and oxygen atoms in total. The molecular weight excluding hydrogens is 286 g/mol. The predicted octanol–water partition coefficient (Wildman–Crippen LogP) is 2.74. The molecule has 88 valence electrons. The molecule has 0 atom stereocenters. The third kappa shape index (κ3) is 3.10.